The van der Waals surface area contributed by atoms with E-state index in [4.69, 9.17) is 15.6 Å². The predicted molar refractivity (Wildman–Crippen MR) is 75.3 cm³/mol. The first-order valence-corrected chi connectivity index (χ1v) is 6.35. The smallest absolute Gasteiger partial charge is 0.120 e. The summed E-state index contributed by atoms with van der Waals surface area (Å²) in [6.45, 7) is 0.467. The second kappa shape index (κ2) is 5.89. The molecule has 2 rings (SSSR count). The van der Waals surface area contributed by atoms with Gasteiger partial charge in [0.25, 0.3) is 0 Å². The van der Waals surface area contributed by atoms with E-state index in [1.165, 1.54) is 0 Å². The van der Waals surface area contributed by atoms with Crippen LogP contribution in [0.15, 0.2) is 46.9 Å². The molecule has 3 nitrogen and oxygen atoms in total. The van der Waals surface area contributed by atoms with E-state index in [1.807, 2.05) is 42.5 Å². The van der Waals surface area contributed by atoms with E-state index in [0.29, 0.717) is 12.3 Å². The molecule has 18 heavy (non-hydrogen) atoms. The fraction of sp³-hybridized carbons (Fsp3) is 0.143. The first-order chi connectivity index (χ1) is 8.69. The third-order valence-electron chi connectivity index (χ3n) is 2.55. The van der Waals surface area contributed by atoms with Gasteiger partial charge in [0.05, 0.1) is 6.61 Å². The third kappa shape index (κ3) is 3.24. The summed E-state index contributed by atoms with van der Waals surface area (Å²) in [4.78, 5) is 0. The molecule has 0 radical (unpaired) electrons. The Kier molecular flexibility index (Phi) is 4.23. The largest absolute Gasteiger partial charge is 0.489 e. The van der Waals surface area contributed by atoms with Crippen LogP contribution in [0.3, 0.4) is 0 Å². The summed E-state index contributed by atoms with van der Waals surface area (Å²) < 4.78 is 6.53. The number of halogens is 1. The van der Waals surface area contributed by atoms with Crippen LogP contribution in [-0.4, -0.2) is 5.11 Å². The Bertz CT molecular complexity index is 543. The van der Waals surface area contributed by atoms with Crippen molar-refractivity contribution in [1.82, 2.24) is 0 Å². The van der Waals surface area contributed by atoms with Crippen LogP contribution in [0.5, 0.6) is 5.75 Å². The molecule has 0 bridgehead atoms. The number of ether oxygens (including phenoxy) is 1. The van der Waals surface area contributed by atoms with Crippen molar-refractivity contribution in [2.45, 2.75) is 13.2 Å². The minimum atomic E-state index is 0.0163. The van der Waals surface area contributed by atoms with Crippen LogP contribution in [0.2, 0.25) is 0 Å². The second-order valence-electron chi connectivity index (χ2n) is 3.95. The highest BCUT2D eigenvalue weighted by atomic mass is 79.9. The topological polar surface area (TPSA) is 55.5 Å². The van der Waals surface area contributed by atoms with Gasteiger partial charge in [-0.05, 0) is 51.3 Å². The summed E-state index contributed by atoms with van der Waals surface area (Å²) >= 11 is 3.35. The molecule has 0 aliphatic rings. The van der Waals surface area contributed by atoms with Crippen molar-refractivity contribution >= 4 is 21.6 Å². The first kappa shape index (κ1) is 12.9. The Balaban J connectivity index is 2.04. The van der Waals surface area contributed by atoms with Crippen molar-refractivity contribution in [2.75, 3.05) is 5.73 Å². The highest BCUT2D eigenvalue weighted by molar-refractivity contribution is 9.10. The molecule has 0 heterocycles. The Morgan fingerprint density at radius 2 is 1.94 bits per heavy atom. The van der Waals surface area contributed by atoms with Gasteiger partial charge in [-0.25, -0.2) is 0 Å². The summed E-state index contributed by atoms with van der Waals surface area (Å²) in [5, 5.41) is 9.04. The zero-order chi connectivity index (χ0) is 13.0. The van der Waals surface area contributed by atoms with E-state index in [1.54, 1.807) is 0 Å². The van der Waals surface area contributed by atoms with Crippen LogP contribution in [-0.2, 0) is 13.2 Å². The van der Waals surface area contributed by atoms with E-state index in [0.717, 1.165) is 21.3 Å². The van der Waals surface area contributed by atoms with Crippen LogP contribution >= 0.6 is 15.9 Å². The summed E-state index contributed by atoms with van der Waals surface area (Å²) in [6.07, 6.45) is 0. The van der Waals surface area contributed by atoms with E-state index < -0.39 is 0 Å². The van der Waals surface area contributed by atoms with Crippen molar-refractivity contribution in [1.29, 1.82) is 0 Å². The zero-order valence-electron chi connectivity index (χ0n) is 9.77. The van der Waals surface area contributed by atoms with Crippen LogP contribution in [0.25, 0.3) is 0 Å². The number of rotatable bonds is 4. The zero-order valence-corrected chi connectivity index (χ0v) is 11.4. The molecule has 0 aromatic heterocycles. The fourth-order valence-corrected chi connectivity index (χ4v) is 1.83. The van der Waals surface area contributed by atoms with Gasteiger partial charge in [0, 0.05) is 10.2 Å². The summed E-state index contributed by atoms with van der Waals surface area (Å²) in [5.41, 5.74) is 8.34. The first-order valence-electron chi connectivity index (χ1n) is 5.55. The number of nitrogens with two attached hydrogens (primary N) is 1. The van der Waals surface area contributed by atoms with E-state index in [-0.39, 0.29) is 6.61 Å². The van der Waals surface area contributed by atoms with Gasteiger partial charge in [-0.1, -0.05) is 18.2 Å². The molecule has 0 aliphatic heterocycles. The van der Waals surface area contributed by atoms with Gasteiger partial charge in [0.2, 0.25) is 0 Å². The van der Waals surface area contributed by atoms with Crippen molar-refractivity contribution in [3.63, 3.8) is 0 Å². The normalized spacial score (nSPS) is 10.3. The lowest BCUT2D eigenvalue weighted by molar-refractivity contribution is 0.278. The van der Waals surface area contributed by atoms with Crippen LogP contribution in [0.4, 0.5) is 5.69 Å². The highest BCUT2D eigenvalue weighted by Gasteiger charge is 2.00. The number of hydrogen-bond acceptors (Lipinski definition) is 3. The average Bonchev–Trinajstić information content (AvgIpc) is 2.40. The summed E-state index contributed by atoms with van der Waals surface area (Å²) in [7, 11) is 0. The van der Waals surface area contributed by atoms with Crippen molar-refractivity contribution in [2.24, 2.45) is 0 Å². The molecule has 4 heteroatoms. The van der Waals surface area contributed by atoms with Gasteiger partial charge in [-0.2, -0.15) is 0 Å². The fourth-order valence-electron chi connectivity index (χ4n) is 1.58. The van der Waals surface area contributed by atoms with Crippen LogP contribution < -0.4 is 10.5 Å². The Morgan fingerprint density at radius 3 is 2.67 bits per heavy atom. The number of nitrogen functional groups attached to an aromatic ring is 1. The van der Waals surface area contributed by atoms with Crippen LogP contribution in [0.1, 0.15) is 11.1 Å². The van der Waals surface area contributed by atoms with Gasteiger partial charge in [0.1, 0.15) is 12.4 Å². The maximum absolute atomic E-state index is 9.04. The third-order valence-corrected chi connectivity index (χ3v) is 3.27. The molecule has 0 atom stereocenters. The lowest BCUT2D eigenvalue weighted by atomic mass is 10.2. The van der Waals surface area contributed by atoms with Gasteiger partial charge < -0.3 is 15.6 Å². The Morgan fingerprint density at radius 1 is 1.11 bits per heavy atom. The van der Waals surface area contributed by atoms with Crippen molar-refractivity contribution in [3.8, 4) is 5.75 Å². The molecular formula is C14H14BrNO2. The molecule has 94 valence electrons. The molecule has 2 aromatic rings. The molecule has 0 unspecified atom stereocenters. The molecular weight excluding hydrogens is 294 g/mol. The summed E-state index contributed by atoms with van der Waals surface area (Å²) in [6, 6.07) is 13.1. The van der Waals surface area contributed by atoms with Gasteiger partial charge in [-0.15, -0.1) is 0 Å². The number of anilines is 1. The molecule has 0 fully saturated rings. The van der Waals surface area contributed by atoms with E-state index in [2.05, 4.69) is 15.9 Å². The van der Waals surface area contributed by atoms with Crippen LogP contribution in [0, 0.1) is 0 Å². The predicted octanol–water partition coefficient (Wildman–Crippen LogP) is 3.10. The molecule has 0 aliphatic carbocycles. The molecule has 3 N–H and O–H groups in total. The van der Waals surface area contributed by atoms with Gasteiger partial charge >= 0.3 is 0 Å². The average molecular weight is 308 g/mol. The lowest BCUT2D eigenvalue weighted by Crippen LogP contribution is -1.97. The molecule has 2 aromatic carbocycles. The molecule has 0 saturated heterocycles. The molecule has 0 saturated carbocycles. The lowest BCUT2D eigenvalue weighted by Gasteiger charge is -2.08. The maximum atomic E-state index is 9.04. The standard InChI is InChI=1S/C14H14BrNO2/c15-13-5-4-11(7-14(13)16)9-18-12-3-1-2-10(6-12)8-17/h1-7,17H,8-9,16H2. The number of hydrogen-bond donors (Lipinski definition) is 2. The maximum Gasteiger partial charge on any atom is 0.120 e. The SMILES string of the molecule is Nc1cc(COc2cccc(CO)c2)ccc1Br. The quantitative estimate of drug-likeness (QED) is 0.853. The molecule has 0 spiro atoms. The Hall–Kier alpha value is -1.52. The Labute approximate surface area is 114 Å². The van der Waals surface area contributed by atoms with Gasteiger partial charge in [0.15, 0.2) is 0 Å². The van der Waals surface area contributed by atoms with Gasteiger partial charge in [-0.3, -0.25) is 0 Å². The number of aliphatic hydroxyl groups excluding tert-OH is 1. The highest BCUT2D eigenvalue weighted by Crippen LogP contribution is 2.21. The van der Waals surface area contributed by atoms with E-state index in [9.17, 15) is 0 Å². The second-order valence-corrected chi connectivity index (χ2v) is 4.80. The minimum absolute atomic E-state index is 0.0163. The van der Waals surface area contributed by atoms with E-state index >= 15 is 0 Å². The van der Waals surface area contributed by atoms with Crippen molar-refractivity contribution in [3.05, 3.63) is 58.1 Å². The number of aliphatic hydroxyl groups is 1. The monoisotopic (exact) mass is 307 g/mol. The number of benzene rings is 2. The molecule has 0 amide bonds. The minimum Gasteiger partial charge on any atom is -0.489 e. The van der Waals surface area contributed by atoms with Crippen molar-refractivity contribution < 1.29 is 9.84 Å². The summed E-state index contributed by atoms with van der Waals surface area (Å²) in [5.74, 6) is 0.739.